The monoisotopic (exact) mass is 214 g/mol. The maximum atomic E-state index is 2.50. The van der Waals surface area contributed by atoms with Crippen LogP contribution in [0.4, 0.5) is 0 Å². The fourth-order valence-corrected chi connectivity index (χ4v) is 4.02. The van der Waals surface area contributed by atoms with Crippen LogP contribution >= 0.6 is 8.58 Å². The van der Waals surface area contributed by atoms with Crippen molar-refractivity contribution in [2.45, 2.75) is 58.5 Å². The van der Waals surface area contributed by atoms with E-state index in [2.05, 4.69) is 27.4 Å². The number of hydrogen-bond donors (Lipinski definition) is 0. The first-order valence-electron chi connectivity index (χ1n) is 6.36. The van der Waals surface area contributed by atoms with Gasteiger partial charge in [0.2, 0.25) is 0 Å². The van der Waals surface area contributed by atoms with E-state index in [1.165, 1.54) is 40.7 Å². The standard InChI is InChI=1S/C13H27P/c1-5-10(2)6-7-12-8-9-13(14-4)11(12)3/h10-14H,5-9H2,1-4H3. The van der Waals surface area contributed by atoms with E-state index in [1.807, 2.05) is 0 Å². The molecule has 1 aliphatic rings. The second-order valence-corrected chi connectivity index (χ2v) is 6.50. The molecule has 1 fully saturated rings. The fraction of sp³-hybridized carbons (Fsp3) is 1.00. The lowest BCUT2D eigenvalue weighted by Gasteiger charge is -2.20. The molecule has 0 bridgehead atoms. The highest BCUT2D eigenvalue weighted by atomic mass is 31.1. The zero-order chi connectivity index (χ0) is 10.6. The van der Waals surface area contributed by atoms with E-state index in [-0.39, 0.29) is 0 Å². The largest absolute Gasteiger partial charge is 0.122 e. The van der Waals surface area contributed by atoms with Gasteiger partial charge in [0.15, 0.2) is 0 Å². The van der Waals surface area contributed by atoms with Crippen molar-refractivity contribution in [2.75, 3.05) is 6.66 Å². The van der Waals surface area contributed by atoms with Crippen molar-refractivity contribution in [1.29, 1.82) is 0 Å². The Labute approximate surface area is 92.0 Å². The Hall–Kier alpha value is 0.430. The van der Waals surface area contributed by atoms with Crippen LogP contribution in [0.1, 0.15) is 52.9 Å². The Morgan fingerprint density at radius 2 is 2.07 bits per heavy atom. The number of hydrogen-bond acceptors (Lipinski definition) is 0. The molecule has 5 unspecified atom stereocenters. The van der Waals surface area contributed by atoms with Crippen LogP contribution < -0.4 is 0 Å². The molecule has 5 atom stereocenters. The number of rotatable bonds is 5. The van der Waals surface area contributed by atoms with Gasteiger partial charge in [0.1, 0.15) is 0 Å². The molecule has 0 aromatic rings. The molecule has 84 valence electrons. The Morgan fingerprint density at radius 1 is 1.36 bits per heavy atom. The molecule has 0 aromatic carbocycles. The molecular weight excluding hydrogens is 187 g/mol. The minimum absolute atomic E-state index is 0.949. The maximum absolute atomic E-state index is 2.50. The minimum atomic E-state index is 0.949. The SMILES string of the molecule is CCC(C)CCC1CCC(PC)C1C. The molecule has 0 N–H and O–H groups in total. The van der Waals surface area contributed by atoms with Crippen molar-refractivity contribution in [3.63, 3.8) is 0 Å². The summed E-state index contributed by atoms with van der Waals surface area (Å²) in [4.78, 5) is 0. The molecule has 0 saturated heterocycles. The summed E-state index contributed by atoms with van der Waals surface area (Å²) in [6.07, 6.45) is 7.35. The summed E-state index contributed by atoms with van der Waals surface area (Å²) >= 11 is 0. The normalized spacial score (nSPS) is 35.6. The van der Waals surface area contributed by atoms with Gasteiger partial charge >= 0.3 is 0 Å². The predicted molar refractivity (Wildman–Crippen MR) is 68.6 cm³/mol. The minimum Gasteiger partial charge on any atom is -0.122 e. The summed E-state index contributed by atoms with van der Waals surface area (Å²) in [5.41, 5.74) is 1.07. The van der Waals surface area contributed by atoms with Crippen molar-refractivity contribution in [2.24, 2.45) is 17.8 Å². The summed E-state index contributed by atoms with van der Waals surface area (Å²) in [6.45, 7) is 9.60. The average molecular weight is 214 g/mol. The first-order valence-corrected chi connectivity index (χ1v) is 7.94. The van der Waals surface area contributed by atoms with Crippen LogP contribution in [-0.4, -0.2) is 12.3 Å². The van der Waals surface area contributed by atoms with Gasteiger partial charge in [-0.05, 0) is 49.3 Å². The van der Waals surface area contributed by atoms with E-state index in [1.54, 1.807) is 0 Å². The molecule has 0 heterocycles. The Bertz CT molecular complexity index is 155. The lowest BCUT2D eigenvalue weighted by molar-refractivity contribution is 0.349. The summed E-state index contributed by atoms with van der Waals surface area (Å²) in [5, 5.41) is 0. The topological polar surface area (TPSA) is 0 Å². The van der Waals surface area contributed by atoms with Gasteiger partial charge < -0.3 is 0 Å². The molecule has 0 spiro atoms. The highest BCUT2D eigenvalue weighted by Crippen LogP contribution is 2.43. The van der Waals surface area contributed by atoms with Crippen LogP contribution in [0.5, 0.6) is 0 Å². The van der Waals surface area contributed by atoms with Crippen LogP contribution in [0.2, 0.25) is 0 Å². The molecule has 0 nitrogen and oxygen atoms in total. The van der Waals surface area contributed by atoms with Gasteiger partial charge in [0.05, 0.1) is 0 Å². The third kappa shape index (κ3) is 3.23. The van der Waals surface area contributed by atoms with Crippen molar-refractivity contribution in [3.8, 4) is 0 Å². The van der Waals surface area contributed by atoms with Gasteiger partial charge in [-0.3, -0.25) is 0 Å². The summed E-state index contributed by atoms with van der Waals surface area (Å²) in [5.74, 6) is 3.02. The van der Waals surface area contributed by atoms with Gasteiger partial charge in [0, 0.05) is 0 Å². The molecule has 1 saturated carbocycles. The van der Waals surface area contributed by atoms with Gasteiger partial charge in [-0.15, -0.1) is 8.58 Å². The van der Waals surface area contributed by atoms with E-state index in [0.717, 1.165) is 23.4 Å². The molecular formula is C13H27P. The highest BCUT2D eigenvalue weighted by Gasteiger charge is 2.31. The van der Waals surface area contributed by atoms with Crippen LogP contribution in [-0.2, 0) is 0 Å². The van der Waals surface area contributed by atoms with E-state index in [9.17, 15) is 0 Å². The third-order valence-corrected chi connectivity index (χ3v) is 5.88. The molecule has 14 heavy (non-hydrogen) atoms. The van der Waals surface area contributed by atoms with Crippen LogP contribution in [0, 0.1) is 17.8 Å². The summed E-state index contributed by atoms with van der Waals surface area (Å²) in [7, 11) is 1.18. The summed E-state index contributed by atoms with van der Waals surface area (Å²) < 4.78 is 0. The lowest BCUT2D eigenvalue weighted by atomic mass is 9.89. The molecule has 1 aliphatic carbocycles. The van der Waals surface area contributed by atoms with Crippen LogP contribution in [0.25, 0.3) is 0 Å². The second kappa shape index (κ2) is 6.11. The van der Waals surface area contributed by atoms with Crippen LogP contribution in [0.3, 0.4) is 0 Å². The smallest absolute Gasteiger partial charge is 0.0211 e. The second-order valence-electron chi connectivity index (χ2n) is 5.18. The van der Waals surface area contributed by atoms with Crippen molar-refractivity contribution in [3.05, 3.63) is 0 Å². The fourth-order valence-electron chi connectivity index (χ4n) is 2.77. The maximum Gasteiger partial charge on any atom is -0.0211 e. The molecule has 0 aliphatic heterocycles. The zero-order valence-corrected chi connectivity index (χ0v) is 11.3. The summed E-state index contributed by atoms with van der Waals surface area (Å²) in [6, 6.07) is 0. The van der Waals surface area contributed by atoms with Gasteiger partial charge in [-0.1, -0.05) is 33.6 Å². The van der Waals surface area contributed by atoms with Crippen molar-refractivity contribution < 1.29 is 0 Å². The Kier molecular flexibility index (Phi) is 5.45. The third-order valence-electron chi connectivity index (χ3n) is 4.32. The Balaban J connectivity index is 2.26. The predicted octanol–water partition coefficient (Wildman–Crippen LogP) is 4.54. The Morgan fingerprint density at radius 3 is 2.57 bits per heavy atom. The van der Waals surface area contributed by atoms with Gasteiger partial charge in [-0.2, -0.15) is 0 Å². The highest BCUT2D eigenvalue weighted by molar-refractivity contribution is 7.37. The van der Waals surface area contributed by atoms with E-state index in [4.69, 9.17) is 0 Å². The molecule has 0 aromatic heterocycles. The lowest BCUT2D eigenvalue weighted by Crippen LogP contribution is -2.12. The van der Waals surface area contributed by atoms with E-state index < -0.39 is 0 Å². The first-order chi connectivity index (χ1) is 6.69. The quantitative estimate of drug-likeness (QED) is 0.590. The van der Waals surface area contributed by atoms with E-state index >= 15 is 0 Å². The molecule has 0 radical (unpaired) electrons. The first kappa shape index (κ1) is 12.5. The van der Waals surface area contributed by atoms with Gasteiger partial charge in [-0.25, -0.2) is 0 Å². The molecule has 0 amide bonds. The molecule has 1 rings (SSSR count). The average Bonchev–Trinajstić information content (AvgIpc) is 2.56. The van der Waals surface area contributed by atoms with Crippen molar-refractivity contribution >= 4 is 8.58 Å². The van der Waals surface area contributed by atoms with Gasteiger partial charge in [0.25, 0.3) is 0 Å². The molecule has 1 heteroatoms. The van der Waals surface area contributed by atoms with Crippen LogP contribution in [0.15, 0.2) is 0 Å². The van der Waals surface area contributed by atoms with E-state index in [0.29, 0.717) is 0 Å². The zero-order valence-electron chi connectivity index (χ0n) is 10.3. The van der Waals surface area contributed by atoms with Crippen molar-refractivity contribution in [1.82, 2.24) is 0 Å².